The molecule has 4 aromatic carbocycles. The van der Waals surface area contributed by atoms with Gasteiger partial charge in [0.05, 0.1) is 21.7 Å². The van der Waals surface area contributed by atoms with Gasteiger partial charge in [0.25, 0.3) is 23.6 Å². The van der Waals surface area contributed by atoms with Crippen molar-refractivity contribution in [3.8, 4) is 0 Å². The molecule has 18 nitrogen and oxygen atoms in total. The Morgan fingerprint density at radius 2 is 0.605 bits per heavy atom. The molecule has 0 aromatic heterocycles. The van der Waals surface area contributed by atoms with Gasteiger partial charge in [0.15, 0.2) is 0 Å². The monoisotopic (exact) mass is 1040 g/mol. The molecule has 0 atom stereocenters. The quantitative estimate of drug-likeness (QED) is 0.0617. The van der Waals surface area contributed by atoms with Gasteiger partial charge in [-0.2, -0.15) is 0 Å². The predicted molar refractivity (Wildman–Crippen MR) is 281 cm³/mol. The number of nitrogens with zero attached hydrogens (tertiary/aromatic N) is 4. The molecule has 4 heterocycles. The maximum Gasteiger partial charge on any atom is 0.328 e. The molecule has 18 heteroatoms. The molecule has 8 amide bonds. The van der Waals surface area contributed by atoms with Crippen molar-refractivity contribution in [1.82, 2.24) is 30.2 Å². The van der Waals surface area contributed by atoms with E-state index in [9.17, 15) is 47.9 Å². The molecule has 0 saturated carbocycles. The summed E-state index contributed by atoms with van der Waals surface area (Å²) in [5.41, 5.74) is 2.30. The number of aliphatic carboxylic acids is 2. The number of fused-ring (bicyclic) bond motifs is 4. The van der Waals surface area contributed by atoms with Gasteiger partial charge in [0.1, 0.15) is 0 Å². The molecule has 4 N–H and O–H groups in total. The summed E-state index contributed by atoms with van der Waals surface area (Å²) >= 11 is 0. The van der Waals surface area contributed by atoms with Crippen LogP contribution in [0, 0.1) is 0 Å². The van der Waals surface area contributed by atoms with Crippen molar-refractivity contribution in [3.05, 3.63) is 154 Å². The fourth-order valence-corrected chi connectivity index (χ4v) is 9.93. The minimum Gasteiger partial charge on any atom is -0.478 e. The van der Waals surface area contributed by atoms with E-state index in [2.05, 4.69) is 10.6 Å². The number of amides is 8. The highest BCUT2D eigenvalue weighted by molar-refractivity contribution is 6.15. The van der Waals surface area contributed by atoms with Crippen LogP contribution >= 0.6 is 0 Å². The van der Waals surface area contributed by atoms with E-state index in [1.807, 2.05) is 128 Å². The Morgan fingerprint density at radius 1 is 0.382 bits per heavy atom. The molecule has 0 bridgehead atoms. The zero-order valence-electron chi connectivity index (χ0n) is 44.2. The van der Waals surface area contributed by atoms with E-state index >= 15 is 0 Å². The van der Waals surface area contributed by atoms with Gasteiger partial charge in [0, 0.05) is 73.7 Å². The first-order valence-electron chi connectivity index (χ1n) is 25.2. The second kappa shape index (κ2) is 23.3. The molecular formula is C58H66N6O12. The van der Waals surface area contributed by atoms with Gasteiger partial charge in [0.2, 0.25) is 23.6 Å². The van der Waals surface area contributed by atoms with Crippen LogP contribution in [0.2, 0.25) is 0 Å². The van der Waals surface area contributed by atoms with Crippen LogP contribution < -0.4 is 10.6 Å². The highest BCUT2D eigenvalue weighted by Crippen LogP contribution is 2.38. The summed E-state index contributed by atoms with van der Waals surface area (Å²) < 4.78 is 0. The Balaban J connectivity index is 0.000000216. The lowest BCUT2D eigenvalue weighted by atomic mass is 9.77. The fourth-order valence-electron chi connectivity index (χ4n) is 9.93. The van der Waals surface area contributed by atoms with Gasteiger partial charge >= 0.3 is 11.9 Å². The average Bonchev–Trinajstić information content (AvgIpc) is 3.39. The van der Waals surface area contributed by atoms with E-state index in [-0.39, 0.29) is 60.3 Å². The van der Waals surface area contributed by atoms with Crippen LogP contribution in [0.25, 0.3) is 0 Å². The minimum absolute atomic E-state index is 0.193. The topological polar surface area (TPSA) is 248 Å². The number of nitrogens with one attached hydrogen (secondary N) is 2. The van der Waals surface area contributed by atoms with Crippen molar-refractivity contribution < 1.29 is 58.2 Å². The lowest BCUT2D eigenvalue weighted by Crippen LogP contribution is -2.53. The third-order valence-corrected chi connectivity index (χ3v) is 14.3. The third-order valence-electron chi connectivity index (χ3n) is 14.3. The van der Waals surface area contributed by atoms with Gasteiger partial charge in [-0.3, -0.25) is 58.0 Å². The fraction of sp³-hybridized carbons (Fsp3) is 0.379. The van der Waals surface area contributed by atoms with Gasteiger partial charge < -0.3 is 20.8 Å². The molecule has 0 spiro atoms. The molecule has 4 aromatic rings. The van der Waals surface area contributed by atoms with E-state index in [0.717, 1.165) is 22.3 Å². The Kier molecular flexibility index (Phi) is 17.6. The van der Waals surface area contributed by atoms with Crippen molar-refractivity contribution in [1.29, 1.82) is 0 Å². The van der Waals surface area contributed by atoms with Crippen LogP contribution in [0.4, 0.5) is 0 Å². The lowest BCUT2D eigenvalue weighted by Gasteiger charge is -2.37. The smallest absolute Gasteiger partial charge is 0.328 e. The standard InChI is InChI=1S/2C27H31N3O4.C4H4O4/c2*1-26(2)20-12-7-5-10-18(20)22(31)29(24(26)33)16-9-14-28-15-17-30-23(32)19-11-6-8-13-21(19)27(3,4)25(30)34;5-3(6)1-2-4(7)8/h2*5-8,10-13,28H,9,14-17H2,1-4H3;1-2H,(H,5,6)(H,7,8)/b;;2-1+. The van der Waals surface area contributed by atoms with E-state index in [0.29, 0.717) is 86.5 Å². The predicted octanol–water partition coefficient (Wildman–Crippen LogP) is 5.48. The number of imide groups is 4. The van der Waals surface area contributed by atoms with Crippen LogP contribution in [0.15, 0.2) is 109 Å². The molecule has 0 saturated heterocycles. The number of carbonyl (C=O) groups is 10. The SMILES string of the molecule is CC1(C)C(=O)N(CCCNCCN2C(=O)c3ccccc3C(C)(C)C2=O)C(=O)c2ccccc21.CC1(C)C(=O)N(CCCNCCN2C(=O)c3ccccc3C(C)(C)C2=O)C(=O)c2ccccc21.O=C(O)/C=C/C(=O)O. The number of carbonyl (C=O) groups excluding carboxylic acids is 8. The van der Waals surface area contributed by atoms with Crippen LogP contribution in [-0.4, -0.2) is 141 Å². The largest absolute Gasteiger partial charge is 0.478 e. The number of hydrogen-bond acceptors (Lipinski definition) is 12. The number of hydrogen-bond donors (Lipinski definition) is 4. The molecule has 8 rings (SSSR count). The minimum atomic E-state index is -1.26. The van der Waals surface area contributed by atoms with E-state index in [1.165, 1.54) is 19.6 Å². The normalized spacial score (nSPS) is 17.7. The van der Waals surface area contributed by atoms with Gasteiger partial charge in [-0.05, 0) is 128 Å². The molecule has 76 heavy (non-hydrogen) atoms. The molecule has 0 radical (unpaired) electrons. The van der Waals surface area contributed by atoms with Crippen molar-refractivity contribution in [2.45, 2.75) is 89.9 Å². The molecule has 4 aliphatic heterocycles. The van der Waals surface area contributed by atoms with Crippen molar-refractivity contribution >= 4 is 59.2 Å². The van der Waals surface area contributed by atoms with E-state index < -0.39 is 33.6 Å². The second-order valence-corrected chi connectivity index (χ2v) is 20.9. The summed E-state index contributed by atoms with van der Waals surface area (Å²) in [5, 5.41) is 22.1. The molecule has 0 unspecified atom stereocenters. The van der Waals surface area contributed by atoms with E-state index in [1.54, 1.807) is 24.3 Å². The second-order valence-electron chi connectivity index (χ2n) is 20.9. The zero-order valence-corrected chi connectivity index (χ0v) is 44.2. The number of rotatable bonds is 16. The highest BCUT2D eigenvalue weighted by atomic mass is 16.4. The maximum atomic E-state index is 13.0. The Hall–Kier alpha value is -7.96. The van der Waals surface area contributed by atoms with Gasteiger partial charge in [-0.25, -0.2) is 9.59 Å². The number of carboxylic acid groups (broad SMARTS) is 2. The highest BCUT2D eigenvalue weighted by Gasteiger charge is 2.47. The number of benzene rings is 4. The Bertz CT molecular complexity index is 2630. The van der Waals surface area contributed by atoms with Gasteiger partial charge in [-0.15, -0.1) is 0 Å². The summed E-state index contributed by atoms with van der Waals surface area (Å²) in [6.07, 6.45) is 2.27. The van der Waals surface area contributed by atoms with Crippen LogP contribution in [0.5, 0.6) is 0 Å². The summed E-state index contributed by atoms with van der Waals surface area (Å²) in [4.78, 5) is 128. The van der Waals surface area contributed by atoms with Gasteiger partial charge in [-0.1, -0.05) is 72.8 Å². The molecule has 400 valence electrons. The summed E-state index contributed by atoms with van der Waals surface area (Å²) in [6, 6.07) is 29.0. The Morgan fingerprint density at radius 3 is 0.842 bits per heavy atom. The van der Waals surface area contributed by atoms with Crippen molar-refractivity contribution in [3.63, 3.8) is 0 Å². The number of carboxylic acids is 2. The molecule has 0 aliphatic carbocycles. The Labute approximate surface area is 442 Å². The lowest BCUT2D eigenvalue weighted by molar-refractivity contribution is -0.135. The maximum absolute atomic E-state index is 13.0. The zero-order chi connectivity index (χ0) is 55.9. The summed E-state index contributed by atoms with van der Waals surface area (Å²) in [6.45, 7) is 17.9. The van der Waals surface area contributed by atoms with Crippen molar-refractivity contribution in [2.75, 3.05) is 52.4 Å². The first-order valence-corrected chi connectivity index (χ1v) is 25.2. The van der Waals surface area contributed by atoms with Crippen LogP contribution in [0.1, 0.15) is 132 Å². The van der Waals surface area contributed by atoms with E-state index in [4.69, 9.17) is 10.2 Å². The average molecular weight is 1040 g/mol. The van der Waals surface area contributed by atoms with Crippen molar-refractivity contribution in [2.24, 2.45) is 0 Å². The summed E-state index contributed by atoms with van der Waals surface area (Å²) in [7, 11) is 0. The molecule has 0 fully saturated rings. The first-order chi connectivity index (χ1) is 35.8. The summed E-state index contributed by atoms with van der Waals surface area (Å²) in [5.74, 6) is -4.37. The van der Waals surface area contributed by atoms with Crippen LogP contribution in [0.3, 0.4) is 0 Å². The van der Waals surface area contributed by atoms with Crippen LogP contribution in [-0.2, 0) is 50.4 Å². The first kappa shape index (κ1) is 57.3. The molecular weight excluding hydrogens is 973 g/mol. The molecule has 4 aliphatic rings. The third kappa shape index (κ3) is 11.6.